The molecule has 1 atom stereocenters. The summed E-state index contributed by atoms with van der Waals surface area (Å²) in [4.78, 5) is 12.8. The van der Waals surface area contributed by atoms with Crippen LogP contribution < -0.4 is 16.2 Å². The van der Waals surface area contributed by atoms with E-state index in [1.807, 2.05) is 24.3 Å². The Bertz CT molecular complexity index is 1230. The molecule has 3 aromatic carbocycles. The lowest BCUT2D eigenvalue weighted by atomic mass is 10.1. The second-order valence-corrected chi connectivity index (χ2v) is 8.80. The maximum atomic E-state index is 13.0. The van der Waals surface area contributed by atoms with Gasteiger partial charge in [0.05, 0.1) is 11.5 Å². The number of allylic oxidation sites excluding steroid dienone is 2. The topological polar surface area (TPSA) is 107 Å². The lowest BCUT2D eigenvalue weighted by Crippen LogP contribution is -2.25. The molecule has 176 valence electrons. The van der Waals surface area contributed by atoms with Crippen molar-refractivity contribution in [2.24, 2.45) is 11.5 Å². The summed E-state index contributed by atoms with van der Waals surface area (Å²) in [7, 11) is -1.83. The average Bonchev–Trinajstić information content (AvgIpc) is 2.84. The van der Waals surface area contributed by atoms with Crippen LogP contribution >= 0.6 is 11.6 Å². The standard InChI is InChI=1S/C25H23ClFN3O3S/c26-20-6-4-17(5-7-20)14-15-33-24(29)13-12-23(28)18-2-1-3-19(16-18)25(31)30-34(32)22-10-8-21(27)9-11-22/h1-13,16H,14-15,28-29H2,(H,30,31)/b23-12-,24-13+. The number of carbonyl (C=O) groups excluding carboxylic acids is 1. The van der Waals surface area contributed by atoms with Crippen LogP contribution in [0.15, 0.2) is 95.7 Å². The summed E-state index contributed by atoms with van der Waals surface area (Å²) in [5.74, 6) is -0.818. The Morgan fingerprint density at radius 3 is 2.38 bits per heavy atom. The smallest absolute Gasteiger partial charge is 0.263 e. The summed E-state index contributed by atoms with van der Waals surface area (Å²) in [6.45, 7) is 0.387. The predicted molar refractivity (Wildman–Crippen MR) is 132 cm³/mol. The molecule has 5 N–H and O–H groups in total. The zero-order chi connectivity index (χ0) is 24.5. The Morgan fingerprint density at radius 1 is 1.00 bits per heavy atom. The van der Waals surface area contributed by atoms with Crippen LogP contribution in [0.4, 0.5) is 4.39 Å². The van der Waals surface area contributed by atoms with Crippen LogP contribution in [0.25, 0.3) is 5.70 Å². The number of hydrogen-bond acceptors (Lipinski definition) is 5. The van der Waals surface area contributed by atoms with Gasteiger partial charge in [-0.05, 0) is 71.8 Å². The third-order valence-corrected chi connectivity index (χ3v) is 5.99. The van der Waals surface area contributed by atoms with Crippen molar-refractivity contribution in [1.29, 1.82) is 0 Å². The van der Waals surface area contributed by atoms with Crippen molar-refractivity contribution < 1.29 is 18.1 Å². The summed E-state index contributed by atoms with van der Waals surface area (Å²) >= 11 is 5.87. The van der Waals surface area contributed by atoms with Gasteiger partial charge in [-0.15, -0.1) is 0 Å². The van der Waals surface area contributed by atoms with Gasteiger partial charge >= 0.3 is 0 Å². The molecule has 0 spiro atoms. The van der Waals surface area contributed by atoms with Gasteiger partial charge in [-0.3, -0.25) is 9.52 Å². The third-order valence-electron chi connectivity index (χ3n) is 4.67. The minimum Gasteiger partial charge on any atom is -0.479 e. The van der Waals surface area contributed by atoms with Crippen molar-refractivity contribution in [3.05, 3.63) is 118 Å². The molecule has 1 unspecified atom stereocenters. The maximum absolute atomic E-state index is 13.0. The van der Waals surface area contributed by atoms with Crippen LogP contribution in [0.2, 0.25) is 5.02 Å². The van der Waals surface area contributed by atoms with Gasteiger partial charge < -0.3 is 16.2 Å². The fourth-order valence-corrected chi connectivity index (χ4v) is 3.77. The molecule has 3 aromatic rings. The normalized spacial score (nSPS) is 12.8. The van der Waals surface area contributed by atoms with Gasteiger partial charge in [0.25, 0.3) is 5.91 Å². The molecule has 0 fully saturated rings. The SMILES string of the molecule is N/C(=C\C=C(/N)OCCc1ccc(Cl)cc1)c1cccc(C(=O)NS(=O)c2ccc(F)cc2)c1. The van der Waals surface area contributed by atoms with E-state index < -0.39 is 22.7 Å². The molecular weight excluding hydrogens is 477 g/mol. The van der Waals surface area contributed by atoms with E-state index in [9.17, 15) is 13.4 Å². The number of nitrogens with one attached hydrogen (secondary N) is 1. The van der Waals surface area contributed by atoms with Gasteiger partial charge in [-0.2, -0.15) is 0 Å². The molecule has 0 saturated heterocycles. The van der Waals surface area contributed by atoms with E-state index in [0.717, 1.165) is 5.56 Å². The lowest BCUT2D eigenvalue weighted by molar-refractivity contribution is 0.0983. The zero-order valence-corrected chi connectivity index (χ0v) is 19.6. The van der Waals surface area contributed by atoms with E-state index in [-0.39, 0.29) is 16.3 Å². The van der Waals surface area contributed by atoms with E-state index in [0.29, 0.717) is 29.3 Å². The molecule has 0 aliphatic heterocycles. The average molecular weight is 500 g/mol. The molecule has 9 heteroatoms. The van der Waals surface area contributed by atoms with E-state index in [4.69, 9.17) is 27.8 Å². The molecule has 6 nitrogen and oxygen atoms in total. The number of amides is 1. The lowest BCUT2D eigenvalue weighted by Gasteiger charge is -2.08. The maximum Gasteiger partial charge on any atom is 0.263 e. The van der Waals surface area contributed by atoms with Gasteiger partial charge in [-0.25, -0.2) is 8.60 Å². The van der Waals surface area contributed by atoms with E-state index >= 15 is 0 Å². The van der Waals surface area contributed by atoms with Crippen LogP contribution in [0.1, 0.15) is 21.5 Å². The molecule has 0 aliphatic carbocycles. The molecule has 0 radical (unpaired) electrons. The first-order chi connectivity index (χ1) is 16.3. The Labute approximate surface area is 204 Å². The zero-order valence-electron chi connectivity index (χ0n) is 18.0. The highest BCUT2D eigenvalue weighted by molar-refractivity contribution is 7.83. The van der Waals surface area contributed by atoms with Gasteiger partial charge in [0.2, 0.25) is 0 Å². The van der Waals surface area contributed by atoms with Crippen LogP contribution in [0.5, 0.6) is 0 Å². The molecule has 0 saturated carbocycles. The van der Waals surface area contributed by atoms with Crippen molar-refractivity contribution in [2.75, 3.05) is 6.61 Å². The van der Waals surface area contributed by atoms with Gasteiger partial charge in [0.15, 0.2) is 16.9 Å². The van der Waals surface area contributed by atoms with Crippen LogP contribution in [0.3, 0.4) is 0 Å². The Hall–Kier alpha value is -3.62. The first-order valence-electron chi connectivity index (χ1n) is 10.2. The van der Waals surface area contributed by atoms with Crippen molar-refractivity contribution in [1.82, 2.24) is 4.72 Å². The number of carbonyl (C=O) groups is 1. The number of rotatable bonds is 9. The van der Waals surface area contributed by atoms with Crippen molar-refractivity contribution in [3.63, 3.8) is 0 Å². The highest BCUT2D eigenvalue weighted by atomic mass is 35.5. The summed E-state index contributed by atoms with van der Waals surface area (Å²) in [5, 5.41) is 0.673. The third kappa shape index (κ3) is 7.47. The summed E-state index contributed by atoms with van der Waals surface area (Å²) < 4.78 is 33.2. The second-order valence-electron chi connectivity index (χ2n) is 7.15. The molecule has 3 rings (SSSR count). The number of benzene rings is 3. The molecular formula is C25H23ClFN3O3S. The molecule has 1 amide bonds. The highest BCUT2D eigenvalue weighted by Crippen LogP contribution is 2.14. The minimum absolute atomic E-state index is 0.195. The summed E-state index contributed by atoms with van der Waals surface area (Å²) in [6.07, 6.45) is 3.78. The second kappa shape index (κ2) is 12.0. The number of halogens is 2. The first-order valence-corrected chi connectivity index (χ1v) is 11.7. The number of ether oxygens (including phenoxy) is 1. The molecule has 0 bridgehead atoms. The Kier molecular flexibility index (Phi) is 8.84. The molecule has 0 aliphatic rings. The summed E-state index contributed by atoms with van der Waals surface area (Å²) in [5.41, 5.74) is 14.3. The number of hydrogen-bond donors (Lipinski definition) is 3. The van der Waals surface area contributed by atoms with Gasteiger partial charge in [0, 0.05) is 22.7 Å². The van der Waals surface area contributed by atoms with Crippen molar-refractivity contribution >= 4 is 34.2 Å². The summed E-state index contributed by atoms with van der Waals surface area (Å²) in [6, 6.07) is 19.0. The largest absolute Gasteiger partial charge is 0.479 e. The number of nitrogens with two attached hydrogens (primary N) is 2. The quantitative estimate of drug-likeness (QED) is 0.301. The van der Waals surface area contributed by atoms with Gasteiger partial charge in [0.1, 0.15) is 5.82 Å². The van der Waals surface area contributed by atoms with E-state index in [2.05, 4.69) is 4.72 Å². The van der Waals surface area contributed by atoms with E-state index in [1.165, 1.54) is 30.3 Å². The van der Waals surface area contributed by atoms with Crippen LogP contribution in [0, 0.1) is 5.82 Å². The fourth-order valence-electron chi connectivity index (χ4n) is 2.85. The first kappa shape index (κ1) is 25.0. The minimum atomic E-state index is -1.83. The highest BCUT2D eigenvalue weighted by Gasteiger charge is 2.12. The predicted octanol–water partition coefficient (Wildman–Crippen LogP) is 4.29. The van der Waals surface area contributed by atoms with Crippen LogP contribution in [-0.2, 0) is 22.1 Å². The Balaban J connectivity index is 1.58. The van der Waals surface area contributed by atoms with Crippen LogP contribution in [-0.4, -0.2) is 16.7 Å². The fraction of sp³-hybridized carbons (Fsp3) is 0.0800. The monoisotopic (exact) mass is 499 g/mol. The van der Waals surface area contributed by atoms with Gasteiger partial charge in [-0.1, -0.05) is 35.9 Å². The molecule has 0 aromatic heterocycles. The molecule has 34 heavy (non-hydrogen) atoms. The molecule has 0 heterocycles. The van der Waals surface area contributed by atoms with Crippen molar-refractivity contribution in [2.45, 2.75) is 11.3 Å². The Morgan fingerprint density at radius 2 is 1.68 bits per heavy atom. The van der Waals surface area contributed by atoms with Crippen molar-refractivity contribution in [3.8, 4) is 0 Å². The van der Waals surface area contributed by atoms with E-state index in [1.54, 1.807) is 30.3 Å².